The van der Waals surface area contributed by atoms with E-state index in [0.717, 1.165) is 12.1 Å². The molecule has 2 aromatic rings. The Morgan fingerprint density at radius 3 is 2.48 bits per heavy atom. The van der Waals surface area contributed by atoms with E-state index in [1.807, 2.05) is 0 Å². The fourth-order valence-electron chi connectivity index (χ4n) is 3.45. The summed E-state index contributed by atoms with van der Waals surface area (Å²) in [5, 5.41) is 5.02. The number of urea groups is 1. The Hall–Kier alpha value is -2.69. The summed E-state index contributed by atoms with van der Waals surface area (Å²) in [6.45, 7) is -0.659. The summed E-state index contributed by atoms with van der Waals surface area (Å²) in [6.07, 6.45) is -3.09. The first-order chi connectivity index (χ1) is 14.6. The van der Waals surface area contributed by atoms with Crippen LogP contribution in [-0.4, -0.2) is 37.5 Å². The van der Waals surface area contributed by atoms with E-state index in [9.17, 15) is 30.8 Å². The summed E-state index contributed by atoms with van der Waals surface area (Å²) < 4.78 is 76.5. The van der Waals surface area contributed by atoms with E-state index in [-0.39, 0.29) is 24.0 Å². The third-order valence-corrected chi connectivity index (χ3v) is 6.88. The molecule has 0 spiro atoms. The zero-order chi connectivity index (χ0) is 22.6. The number of halogens is 4. The van der Waals surface area contributed by atoms with Crippen LogP contribution in [0.5, 0.6) is 0 Å². The topological polar surface area (TPSA) is 88.2 Å². The van der Waals surface area contributed by atoms with Gasteiger partial charge in [-0.3, -0.25) is 4.98 Å². The van der Waals surface area contributed by atoms with Crippen LogP contribution < -0.4 is 10.6 Å². The van der Waals surface area contributed by atoms with Gasteiger partial charge in [0.2, 0.25) is 0 Å². The van der Waals surface area contributed by atoms with Gasteiger partial charge in [0.05, 0.1) is 28.8 Å². The van der Waals surface area contributed by atoms with Crippen LogP contribution in [0.25, 0.3) is 0 Å². The number of sulfone groups is 1. The summed E-state index contributed by atoms with van der Waals surface area (Å²) in [7, 11) is -3.12. The lowest BCUT2D eigenvalue weighted by atomic mass is 9.98. The molecule has 1 fully saturated rings. The monoisotopic (exact) mass is 459 g/mol. The number of pyridine rings is 1. The maximum absolute atomic E-state index is 13.5. The Bertz CT molecular complexity index is 1030. The number of carbonyl (C=O) groups is 1. The molecule has 1 aromatic heterocycles. The molecule has 1 aliphatic rings. The molecule has 2 amide bonds. The number of alkyl halides is 4. The minimum Gasteiger partial charge on any atom is -0.338 e. The highest BCUT2D eigenvalue weighted by Gasteiger charge is 2.37. The fourth-order valence-corrected chi connectivity index (χ4v) is 5.31. The quantitative estimate of drug-likeness (QED) is 0.649. The maximum atomic E-state index is 13.5. The summed E-state index contributed by atoms with van der Waals surface area (Å²) in [6, 6.07) is 5.70. The second-order valence-electron chi connectivity index (χ2n) is 7.37. The van der Waals surface area contributed by atoms with Crippen molar-refractivity contribution in [2.75, 3.05) is 18.1 Å². The molecular weight excluding hydrogens is 438 g/mol. The van der Waals surface area contributed by atoms with Crippen LogP contribution in [0.15, 0.2) is 42.6 Å². The van der Waals surface area contributed by atoms with Gasteiger partial charge in [-0.25, -0.2) is 17.6 Å². The van der Waals surface area contributed by atoms with E-state index in [0.29, 0.717) is 17.5 Å². The first-order valence-corrected chi connectivity index (χ1v) is 11.3. The van der Waals surface area contributed by atoms with Crippen molar-refractivity contribution in [2.45, 2.75) is 25.3 Å². The van der Waals surface area contributed by atoms with Crippen LogP contribution in [0.3, 0.4) is 0 Å². The van der Waals surface area contributed by atoms with Gasteiger partial charge in [-0.2, -0.15) is 13.2 Å². The van der Waals surface area contributed by atoms with Crippen LogP contribution >= 0.6 is 0 Å². The smallest absolute Gasteiger partial charge is 0.338 e. The minimum atomic E-state index is -4.70. The van der Waals surface area contributed by atoms with Gasteiger partial charge >= 0.3 is 12.2 Å². The maximum Gasteiger partial charge on any atom is 0.418 e. The summed E-state index contributed by atoms with van der Waals surface area (Å²) in [4.78, 5) is 16.3. The second kappa shape index (κ2) is 9.21. The molecule has 31 heavy (non-hydrogen) atoms. The molecule has 1 saturated heterocycles. The number of carbonyl (C=O) groups excluding carboxylic acids is 1. The highest BCUT2D eigenvalue weighted by Crippen LogP contribution is 2.35. The third-order valence-electron chi connectivity index (χ3n) is 5.04. The highest BCUT2D eigenvalue weighted by atomic mass is 32.2. The number of nitrogens with zero attached hydrogens (tertiary/aromatic N) is 1. The Kier molecular flexibility index (Phi) is 6.83. The minimum absolute atomic E-state index is 0.0418. The van der Waals surface area contributed by atoms with Crippen LogP contribution in [0.1, 0.15) is 34.8 Å². The first-order valence-electron chi connectivity index (χ1n) is 9.51. The fraction of sp³-hybridized carbons (Fsp3) is 0.400. The molecule has 2 N–H and O–H groups in total. The van der Waals surface area contributed by atoms with E-state index in [1.54, 1.807) is 0 Å². The highest BCUT2D eigenvalue weighted by molar-refractivity contribution is 7.91. The van der Waals surface area contributed by atoms with Crippen molar-refractivity contribution in [3.05, 3.63) is 65.0 Å². The third kappa shape index (κ3) is 5.93. The molecule has 6 nitrogen and oxygen atoms in total. The van der Waals surface area contributed by atoms with Crippen LogP contribution in [0.4, 0.5) is 22.4 Å². The normalized spacial score (nSPS) is 19.0. The molecule has 3 rings (SSSR count). The van der Waals surface area contributed by atoms with Crippen molar-refractivity contribution in [3.63, 3.8) is 0 Å². The lowest BCUT2D eigenvalue weighted by Crippen LogP contribution is -2.41. The number of aromatic nitrogens is 1. The van der Waals surface area contributed by atoms with Gasteiger partial charge in [0.25, 0.3) is 0 Å². The van der Waals surface area contributed by atoms with Crippen molar-refractivity contribution < 1.29 is 30.8 Å². The number of amides is 2. The van der Waals surface area contributed by atoms with Gasteiger partial charge in [0.15, 0.2) is 9.84 Å². The van der Waals surface area contributed by atoms with Crippen LogP contribution in [0, 0.1) is 5.92 Å². The Balaban J connectivity index is 1.84. The molecule has 2 atom stereocenters. The Morgan fingerprint density at radius 2 is 1.90 bits per heavy atom. The first kappa shape index (κ1) is 23.0. The lowest BCUT2D eigenvalue weighted by molar-refractivity contribution is -0.138. The molecule has 1 aromatic carbocycles. The average molecular weight is 459 g/mol. The summed E-state index contributed by atoms with van der Waals surface area (Å²) in [5.74, 6) is -0.244. The van der Waals surface area contributed by atoms with Crippen LogP contribution in [-0.2, 0) is 22.7 Å². The Labute approximate surface area is 177 Å². The van der Waals surface area contributed by atoms with E-state index >= 15 is 0 Å². The molecule has 0 radical (unpaired) electrons. The largest absolute Gasteiger partial charge is 0.418 e. The zero-order valence-electron chi connectivity index (χ0n) is 16.3. The number of hydrogen-bond acceptors (Lipinski definition) is 4. The van der Waals surface area contributed by atoms with Crippen molar-refractivity contribution in [3.8, 4) is 0 Å². The predicted molar refractivity (Wildman–Crippen MR) is 106 cm³/mol. The molecule has 1 unspecified atom stereocenters. The lowest BCUT2D eigenvalue weighted by Gasteiger charge is -2.23. The number of benzene rings is 1. The Morgan fingerprint density at radius 1 is 1.19 bits per heavy atom. The van der Waals surface area contributed by atoms with Gasteiger partial charge in [-0.1, -0.05) is 24.3 Å². The van der Waals surface area contributed by atoms with Crippen molar-refractivity contribution in [2.24, 2.45) is 5.92 Å². The van der Waals surface area contributed by atoms with Crippen LogP contribution in [0.2, 0.25) is 0 Å². The van der Waals surface area contributed by atoms with Gasteiger partial charge in [-0.15, -0.1) is 0 Å². The van der Waals surface area contributed by atoms with Crippen molar-refractivity contribution >= 4 is 15.9 Å². The summed E-state index contributed by atoms with van der Waals surface area (Å²) in [5.41, 5.74) is -0.773. The molecule has 168 valence electrons. The number of rotatable bonds is 6. The van der Waals surface area contributed by atoms with E-state index in [4.69, 9.17) is 0 Å². The van der Waals surface area contributed by atoms with Crippen molar-refractivity contribution in [1.29, 1.82) is 0 Å². The molecular formula is C20H21F4N3O3S. The van der Waals surface area contributed by atoms with Gasteiger partial charge in [0, 0.05) is 12.7 Å². The molecule has 11 heteroatoms. The van der Waals surface area contributed by atoms with Gasteiger partial charge < -0.3 is 10.6 Å². The molecule has 0 aliphatic carbocycles. The van der Waals surface area contributed by atoms with Gasteiger partial charge in [0.1, 0.15) is 6.67 Å². The van der Waals surface area contributed by atoms with E-state index in [1.165, 1.54) is 30.5 Å². The SMILES string of the molecule is O=C(NCC1CCS(=O)(=O)C1)N[C@@H](c1ccc(CF)cc1)c1ncccc1C(F)(F)F. The van der Waals surface area contributed by atoms with Crippen molar-refractivity contribution in [1.82, 2.24) is 15.6 Å². The summed E-state index contributed by atoms with van der Waals surface area (Å²) >= 11 is 0. The van der Waals surface area contributed by atoms with E-state index in [2.05, 4.69) is 15.6 Å². The zero-order valence-corrected chi connectivity index (χ0v) is 17.1. The second-order valence-corrected chi connectivity index (χ2v) is 9.59. The average Bonchev–Trinajstić information content (AvgIpc) is 3.09. The predicted octanol–water partition coefficient (Wildman–Crippen LogP) is 3.39. The molecule has 0 saturated carbocycles. The molecule has 0 bridgehead atoms. The van der Waals surface area contributed by atoms with Gasteiger partial charge in [-0.05, 0) is 35.6 Å². The number of hydrogen-bond donors (Lipinski definition) is 2. The van der Waals surface area contributed by atoms with E-state index < -0.39 is 46.0 Å². The molecule has 2 heterocycles. The number of nitrogens with one attached hydrogen (secondary N) is 2. The molecule has 1 aliphatic heterocycles. The standard InChI is InChI=1S/C20H21F4N3O3S/c21-10-13-3-5-15(6-4-13)17(18-16(20(22,23)24)2-1-8-25-18)27-19(28)26-11-14-7-9-31(29,30)12-14/h1-6,8,14,17H,7,9-12H2,(H2,26,27,28)/t14?,17-/m0/s1.